The van der Waals surface area contributed by atoms with E-state index in [0.717, 1.165) is 29.7 Å². The van der Waals surface area contributed by atoms with Gasteiger partial charge < -0.3 is 18.9 Å². The molecule has 0 unspecified atom stereocenters. The largest absolute Gasteiger partial charge is 0.573 e. The molecular weight excluding hydrogens is 491 g/mol. The molecule has 1 aliphatic rings. The van der Waals surface area contributed by atoms with Crippen LogP contribution < -0.4 is 14.2 Å². The molecule has 0 amide bonds. The Morgan fingerprint density at radius 3 is 2.24 bits per heavy atom. The number of esters is 1. The van der Waals surface area contributed by atoms with Crippen LogP contribution in [0.5, 0.6) is 17.4 Å². The molecule has 4 rings (SSSR count). The second kappa shape index (κ2) is 11.5. The van der Waals surface area contributed by atoms with Crippen molar-refractivity contribution in [2.45, 2.75) is 57.5 Å². The van der Waals surface area contributed by atoms with Gasteiger partial charge >= 0.3 is 12.3 Å². The molecule has 1 fully saturated rings. The highest BCUT2D eigenvalue weighted by Crippen LogP contribution is 2.36. The van der Waals surface area contributed by atoms with Crippen LogP contribution in [0.3, 0.4) is 0 Å². The Bertz CT molecular complexity index is 1170. The number of halogens is 3. The maximum absolute atomic E-state index is 12.5. The summed E-state index contributed by atoms with van der Waals surface area (Å²) in [7, 11) is 1.59. The van der Waals surface area contributed by atoms with Gasteiger partial charge in [-0.1, -0.05) is 29.5 Å². The molecular formula is C26H28F3N3O5. The summed E-state index contributed by atoms with van der Waals surface area (Å²) >= 11 is 0. The Morgan fingerprint density at radius 2 is 1.65 bits per heavy atom. The fraction of sp³-hybridized carbons (Fsp3) is 0.423. The number of alkyl halides is 3. The molecule has 0 saturated heterocycles. The second-order valence-electron chi connectivity index (χ2n) is 8.68. The van der Waals surface area contributed by atoms with Gasteiger partial charge in [0, 0.05) is 0 Å². The summed E-state index contributed by atoms with van der Waals surface area (Å²) in [5.41, 5.74) is 1.90. The predicted octanol–water partition coefficient (Wildman–Crippen LogP) is 5.52. The van der Waals surface area contributed by atoms with Crippen LogP contribution in [-0.4, -0.2) is 47.1 Å². The van der Waals surface area contributed by atoms with Crippen molar-refractivity contribution in [2.24, 2.45) is 0 Å². The molecule has 8 nitrogen and oxygen atoms in total. The van der Waals surface area contributed by atoms with E-state index in [2.05, 4.69) is 15.0 Å². The van der Waals surface area contributed by atoms with E-state index in [1.54, 1.807) is 30.8 Å². The molecule has 3 aromatic rings. The standard InChI is InChI=1S/C26H28F3N3O5/c1-3-35-25(33)23-24(32(31-30-23)16-17-4-10-20(34-2)11-5-17)36-21-12-6-18(7-13-21)19-8-14-22(15-9-19)37-26(27,28)29/h4-5,8-11,14-15,18,21H,3,6-7,12-13,16H2,1-2H3/t18-,21-. The van der Waals surface area contributed by atoms with Crippen LogP contribution in [-0.2, 0) is 11.3 Å². The molecule has 0 bridgehead atoms. The number of hydrogen-bond donors (Lipinski definition) is 0. The van der Waals surface area contributed by atoms with Crippen LogP contribution >= 0.6 is 0 Å². The Labute approximate surface area is 212 Å². The number of nitrogens with zero attached hydrogens (tertiary/aromatic N) is 3. The first-order valence-corrected chi connectivity index (χ1v) is 12.0. The molecule has 0 aliphatic heterocycles. The van der Waals surface area contributed by atoms with Gasteiger partial charge in [-0.2, -0.15) is 0 Å². The van der Waals surface area contributed by atoms with Gasteiger partial charge in [0.25, 0.3) is 0 Å². The van der Waals surface area contributed by atoms with Crippen molar-refractivity contribution >= 4 is 5.97 Å². The smallest absolute Gasteiger partial charge is 0.497 e. The molecule has 2 aromatic carbocycles. The quantitative estimate of drug-likeness (QED) is 0.345. The van der Waals surface area contributed by atoms with Gasteiger partial charge in [0.1, 0.15) is 17.6 Å². The molecule has 0 atom stereocenters. The lowest BCUT2D eigenvalue weighted by Crippen LogP contribution is -2.25. The number of methoxy groups -OCH3 is 1. The van der Waals surface area contributed by atoms with Gasteiger partial charge in [-0.05, 0) is 73.9 Å². The molecule has 198 valence electrons. The minimum Gasteiger partial charge on any atom is -0.497 e. The highest BCUT2D eigenvalue weighted by atomic mass is 19.4. The van der Waals surface area contributed by atoms with Crippen molar-refractivity contribution in [1.82, 2.24) is 15.0 Å². The number of carbonyl (C=O) groups excluding carboxylic acids is 1. The Kier molecular flexibility index (Phi) is 8.20. The molecule has 0 N–H and O–H groups in total. The van der Waals surface area contributed by atoms with E-state index in [4.69, 9.17) is 14.2 Å². The van der Waals surface area contributed by atoms with Crippen molar-refractivity contribution in [1.29, 1.82) is 0 Å². The third-order valence-corrected chi connectivity index (χ3v) is 6.19. The van der Waals surface area contributed by atoms with E-state index in [-0.39, 0.29) is 36.0 Å². The number of ether oxygens (including phenoxy) is 4. The van der Waals surface area contributed by atoms with E-state index in [1.807, 2.05) is 24.3 Å². The third-order valence-electron chi connectivity index (χ3n) is 6.19. The normalized spacial score (nSPS) is 17.8. The summed E-state index contributed by atoms with van der Waals surface area (Å²) in [6.45, 7) is 2.25. The number of rotatable bonds is 9. The summed E-state index contributed by atoms with van der Waals surface area (Å²) in [6, 6.07) is 13.5. The zero-order chi connectivity index (χ0) is 26.4. The van der Waals surface area contributed by atoms with E-state index in [1.165, 1.54) is 12.1 Å². The summed E-state index contributed by atoms with van der Waals surface area (Å²) in [4.78, 5) is 12.5. The van der Waals surface area contributed by atoms with Crippen LogP contribution in [0.4, 0.5) is 13.2 Å². The summed E-state index contributed by atoms with van der Waals surface area (Å²) < 4.78 is 59.3. The van der Waals surface area contributed by atoms with E-state index in [0.29, 0.717) is 19.4 Å². The molecule has 0 radical (unpaired) electrons. The van der Waals surface area contributed by atoms with Crippen LogP contribution in [0, 0.1) is 0 Å². The first-order chi connectivity index (χ1) is 17.8. The molecule has 1 saturated carbocycles. The number of hydrogen-bond acceptors (Lipinski definition) is 7. The van der Waals surface area contributed by atoms with Gasteiger partial charge in [-0.3, -0.25) is 0 Å². The zero-order valence-electron chi connectivity index (χ0n) is 20.5. The fourth-order valence-electron chi connectivity index (χ4n) is 4.37. The van der Waals surface area contributed by atoms with Crippen LogP contribution in [0.15, 0.2) is 48.5 Å². The van der Waals surface area contributed by atoms with Crippen molar-refractivity contribution in [2.75, 3.05) is 13.7 Å². The van der Waals surface area contributed by atoms with Gasteiger partial charge in [0.05, 0.1) is 20.3 Å². The maximum atomic E-state index is 12.5. The highest BCUT2D eigenvalue weighted by Gasteiger charge is 2.32. The van der Waals surface area contributed by atoms with E-state index in [9.17, 15) is 18.0 Å². The SMILES string of the molecule is CCOC(=O)c1nnn(Cc2ccc(OC)cc2)c1O[C@H]1CC[C@H](c2ccc(OC(F)(F)F)cc2)CC1. The zero-order valence-corrected chi connectivity index (χ0v) is 20.5. The average Bonchev–Trinajstić information content (AvgIpc) is 3.26. The van der Waals surface area contributed by atoms with Crippen LogP contribution in [0.2, 0.25) is 0 Å². The maximum Gasteiger partial charge on any atom is 0.573 e. The second-order valence-corrected chi connectivity index (χ2v) is 8.68. The van der Waals surface area contributed by atoms with E-state index < -0.39 is 12.3 Å². The number of carbonyl (C=O) groups is 1. The predicted molar refractivity (Wildman–Crippen MR) is 127 cm³/mol. The molecule has 1 aromatic heterocycles. The lowest BCUT2D eigenvalue weighted by molar-refractivity contribution is -0.274. The Hall–Kier alpha value is -3.76. The minimum atomic E-state index is -4.71. The Balaban J connectivity index is 1.43. The topological polar surface area (TPSA) is 84.7 Å². The highest BCUT2D eigenvalue weighted by molar-refractivity contribution is 5.89. The summed E-state index contributed by atoms with van der Waals surface area (Å²) in [6.07, 6.45) is -1.94. The molecule has 37 heavy (non-hydrogen) atoms. The van der Waals surface area contributed by atoms with Gasteiger partial charge in [-0.15, -0.1) is 18.3 Å². The van der Waals surface area contributed by atoms with Crippen molar-refractivity contribution in [3.05, 3.63) is 65.4 Å². The summed E-state index contributed by atoms with van der Waals surface area (Å²) in [5, 5.41) is 8.16. The van der Waals surface area contributed by atoms with Crippen molar-refractivity contribution in [3.63, 3.8) is 0 Å². The first-order valence-electron chi connectivity index (χ1n) is 12.0. The van der Waals surface area contributed by atoms with Gasteiger partial charge in [-0.25, -0.2) is 9.48 Å². The summed E-state index contributed by atoms with van der Waals surface area (Å²) in [5.74, 6) is 0.328. The number of aromatic nitrogens is 3. The third kappa shape index (κ3) is 6.93. The van der Waals surface area contributed by atoms with Crippen LogP contribution in [0.25, 0.3) is 0 Å². The lowest BCUT2D eigenvalue weighted by Gasteiger charge is -2.29. The van der Waals surface area contributed by atoms with Crippen LogP contribution in [0.1, 0.15) is 60.1 Å². The minimum absolute atomic E-state index is 0.0257. The fourth-order valence-corrected chi connectivity index (χ4v) is 4.37. The molecule has 11 heteroatoms. The molecule has 1 heterocycles. The lowest BCUT2D eigenvalue weighted by atomic mass is 9.83. The molecule has 0 spiro atoms. The molecule has 1 aliphatic carbocycles. The monoisotopic (exact) mass is 519 g/mol. The average molecular weight is 520 g/mol. The van der Waals surface area contributed by atoms with Gasteiger partial charge in [0.2, 0.25) is 11.6 Å². The van der Waals surface area contributed by atoms with Gasteiger partial charge in [0.15, 0.2) is 0 Å². The Morgan fingerprint density at radius 1 is 1.00 bits per heavy atom. The van der Waals surface area contributed by atoms with Crippen molar-refractivity contribution in [3.8, 4) is 17.4 Å². The number of benzene rings is 2. The first kappa shape index (κ1) is 26.3. The van der Waals surface area contributed by atoms with E-state index >= 15 is 0 Å². The van der Waals surface area contributed by atoms with Crippen molar-refractivity contribution < 1.29 is 36.9 Å².